The Kier molecular flexibility index (Phi) is 6.21. The second kappa shape index (κ2) is 7.67. The Morgan fingerprint density at radius 3 is 2.29 bits per heavy atom. The largest absolute Gasteiger partial charge is 0.484 e. The average molecular weight is 292 g/mol. The van der Waals surface area contributed by atoms with E-state index < -0.39 is 0 Å². The SMILES string of the molecule is Cc1cc(C)cc(OCC(=O)N(C)CC(=O)NC(C)C)c1. The van der Waals surface area contributed by atoms with Crippen LogP contribution >= 0.6 is 0 Å². The van der Waals surface area contributed by atoms with Crippen LogP contribution < -0.4 is 10.1 Å². The van der Waals surface area contributed by atoms with Gasteiger partial charge >= 0.3 is 0 Å². The summed E-state index contributed by atoms with van der Waals surface area (Å²) in [5.41, 5.74) is 2.17. The number of nitrogens with zero attached hydrogens (tertiary/aromatic N) is 1. The van der Waals surface area contributed by atoms with Crippen molar-refractivity contribution in [2.24, 2.45) is 0 Å². The maximum Gasteiger partial charge on any atom is 0.260 e. The minimum absolute atomic E-state index is 0.0349. The van der Waals surface area contributed by atoms with Crippen molar-refractivity contribution >= 4 is 11.8 Å². The van der Waals surface area contributed by atoms with Gasteiger partial charge in [0.15, 0.2) is 6.61 Å². The Morgan fingerprint density at radius 2 is 1.76 bits per heavy atom. The average Bonchev–Trinajstić information content (AvgIpc) is 2.33. The molecule has 0 saturated carbocycles. The molecule has 1 N–H and O–H groups in total. The van der Waals surface area contributed by atoms with Gasteiger partial charge in [0, 0.05) is 13.1 Å². The predicted octanol–water partition coefficient (Wildman–Crippen LogP) is 1.67. The number of likely N-dealkylation sites (N-methyl/N-ethyl adjacent to an activating group) is 1. The first-order valence-corrected chi connectivity index (χ1v) is 7.02. The third-order valence-electron chi connectivity index (χ3n) is 2.81. The van der Waals surface area contributed by atoms with Crippen molar-refractivity contribution in [1.29, 1.82) is 0 Å². The number of carbonyl (C=O) groups excluding carboxylic acids is 2. The van der Waals surface area contributed by atoms with Gasteiger partial charge in [-0.15, -0.1) is 0 Å². The standard InChI is InChI=1S/C16H24N2O3/c1-11(2)17-15(19)9-18(5)16(20)10-21-14-7-12(3)6-13(4)8-14/h6-8,11H,9-10H2,1-5H3,(H,17,19). The quantitative estimate of drug-likeness (QED) is 0.867. The zero-order valence-electron chi connectivity index (χ0n) is 13.4. The summed E-state index contributed by atoms with van der Waals surface area (Å²) in [6.45, 7) is 7.67. The lowest BCUT2D eigenvalue weighted by atomic mass is 10.1. The summed E-state index contributed by atoms with van der Waals surface area (Å²) in [7, 11) is 1.59. The van der Waals surface area contributed by atoms with Gasteiger partial charge in [0.1, 0.15) is 5.75 Å². The zero-order valence-corrected chi connectivity index (χ0v) is 13.4. The molecule has 0 radical (unpaired) electrons. The van der Waals surface area contributed by atoms with Crippen LogP contribution in [0.25, 0.3) is 0 Å². The fourth-order valence-corrected chi connectivity index (χ4v) is 1.94. The lowest BCUT2D eigenvalue weighted by Crippen LogP contribution is -2.42. The van der Waals surface area contributed by atoms with Crippen molar-refractivity contribution in [3.05, 3.63) is 29.3 Å². The van der Waals surface area contributed by atoms with Crippen LogP contribution in [0.3, 0.4) is 0 Å². The van der Waals surface area contributed by atoms with Gasteiger partial charge in [-0.1, -0.05) is 6.07 Å². The molecule has 1 aromatic carbocycles. The topological polar surface area (TPSA) is 58.6 Å². The third-order valence-corrected chi connectivity index (χ3v) is 2.81. The van der Waals surface area contributed by atoms with E-state index in [1.54, 1.807) is 7.05 Å². The van der Waals surface area contributed by atoms with Crippen LogP contribution in [0.15, 0.2) is 18.2 Å². The summed E-state index contributed by atoms with van der Waals surface area (Å²) in [6.07, 6.45) is 0. The molecule has 0 aromatic heterocycles. The van der Waals surface area contributed by atoms with Gasteiger partial charge in [0.05, 0.1) is 6.54 Å². The molecule has 0 bridgehead atoms. The Bertz CT molecular complexity index is 492. The fourth-order valence-electron chi connectivity index (χ4n) is 1.94. The molecule has 5 nitrogen and oxygen atoms in total. The monoisotopic (exact) mass is 292 g/mol. The molecule has 0 heterocycles. The zero-order chi connectivity index (χ0) is 16.0. The van der Waals surface area contributed by atoms with Crippen LogP contribution in [-0.4, -0.2) is 43.0 Å². The van der Waals surface area contributed by atoms with Gasteiger partial charge in [0.2, 0.25) is 5.91 Å². The van der Waals surface area contributed by atoms with E-state index in [0.29, 0.717) is 5.75 Å². The van der Waals surface area contributed by atoms with E-state index in [0.717, 1.165) is 11.1 Å². The Morgan fingerprint density at radius 1 is 1.19 bits per heavy atom. The number of ether oxygens (including phenoxy) is 1. The van der Waals surface area contributed by atoms with Crippen LogP contribution in [0, 0.1) is 13.8 Å². The lowest BCUT2D eigenvalue weighted by Gasteiger charge is -2.18. The molecule has 0 unspecified atom stereocenters. The summed E-state index contributed by atoms with van der Waals surface area (Å²) < 4.78 is 5.49. The number of rotatable bonds is 6. The van der Waals surface area contributed by atoms with Crippen molar-refractivity contribution in [3.8, 4) is 5.75 Å². The van der Waals surface area contributed by atoms with E-state index in [-0.39, 0.29) is 31.0 Å². The second-order valence-corrected chi connectivity index (χ2v) is 5.58. The van der Waals surface area contributed by atoms with Gasteiger partial charge in [-0.05, 0) is 51.0 Å². The van der Waals surface area contributed by atoms with E-state index in [1.807, 2.05) is 45.9 Å². The van der Waals surface area contributed by atoms with Crippen molar-refractivity contribution in [2.75, 3.05) is 20.2 Å². The van der Waals surface area contributed by atoms with E-state index in [9.17, 15) is 9.59 Å². The van der Waals surface area contributed by atoms with Crippen LogP contribution in [0.5, 0.6) is 5.75 Å². The van der Waals surface area contributed by atoms with Crippen LogP contribution in [0.2, 0.25) is 0 Å². The van der Waals surface area contributed by atoms with E-state index in [4.69, 9.17) is 4.74 Å². The summed E-state index contributed by atoms with van der Waals surface area (Å²) in [4.78, 5) is 24.9. The molecule has 1 rings (SSSR count). The lowest BCUT2D eigenvalue weighted by molar-refractivity contribution is -0.136. The smallest absolute Gasteiger partial charge is 0.260 e. The molecule has 116 valence electrons. The number of amides is 2. The normalized spacial score (nSPS) is 10.4. The van der Waals surface area contributed by atoms with Gasteiger partial charge in [0.25, 0.3) is 5.91 Å². The second-order valence-electron chi connectivity index (χ2n) is 5.58. The molecule has 5 heteroatoms. The maximum absolute atomic E-state index is 11.9. The molecular formula is C16H24N2O3. The van der Waals surface area contributed by atoms with Crippen molar-refractivity contribution in [3.63, 3.8) is 0 Å². The summed E-state index contributed by atoms with van der Waals surface area (Å²) >= 11 is 0. The van der Waals surface area contributed by atoms with Crippen molar-refractivity contribution < 1.29 is 14.3 Å². The van der Waals surface area contributed by atoms with Crippen LogP contribution in [0.1, 0.15) is 25.0 Å². The van der Waals surface area contributed by atoms with E-state index in [2.05, 4.69) is 5.32 Å². The highest BCUT2D eigenvalue weighted by molar-refractivity contribution is 5.85. The maximum atomic E-state index is 11.9. The fraction of sp³-hybridized carbons (Fsp3) is 0.500. The summed E-state index contributed by atoms with van der Waals surface area (Å²) in [5, 5.41) is 2.74. The molecule has 21 heavy (non-hydrogen) atoms. The number of aryl methyl sites for hydroxylation is 2. The van der Waals surface area contributed by atoms with Gasteiger partial charge < -0.3 is 15.0 Å². The first-order valence-electron chi connectivity index (χ1n) is 7.02. The molecule has 0 fully saturated rings. The van der Waals surface area contributed by atoms with Crippen molar-refractivity contribution in [1.82, 2.24) is 10.2 Å². The molecule has 0 spiro atoms. The Balaban J connectivity index is 2.47. The van der Waals surface area contributed by atoms with Crippen molar-refractivity contribution in [2.45, 2.75) is 33.7 Å². The predicted molar refractivity (Wildman–Crippen MR) is 82.3 cm³/mol. The number of hydrogen-bond donors (Lipinski definition) is 1. The van der Waals surface area contributed by atoms with E-state index >= 15 is 0 Å². The molecule has 0 aliphatic rings. The molecule has 1 aromatic rings. The summed E-state index contributed by atoms with van der Waals surface area (Å²) in [5.74, 6) is 0.265. The Labute approximate surface area is 126 Å². The minimum atomic E-state index is -0.229. The van der Waals surface area contributed by atoms with Gasteiger partial charge in [-0.25, -0.2) is 0 Å². The third kappa shape index (κ3) is 6.29. The highest BCUT2D eigenvalue weighted by atomic mass is 16.5. The molecule has 0 atom stereocenters. The number of benzene rings is 1. The highest BCUT2D eigenvalue weighted by Gasteiger charge is 2.14. The number of nitrogens with one attached hydrogen (secondary N) is 1. The Hall–Kier alpha value is -2.04. The number of hydrogen-bond acceptors (Lipinski definition) is 3. The molecular weight excluding hydrogens is 268 g/mol. The minimum Gasteiger partial charge on any atom is -0.484 e. The molecule has 0 aliphatic heterocycles. The molecule has 0 aliphatic carbocycles. The first-order chi connectivity index (χ1) is 9.77. The van der Waals surface area contributed by atoms with E-state index in [1.165, 1.54) is 4.90 Å². The first kappa shape index (κ1) is 17.0. The molecule has 0 saturated heterocycles. The summed E-state index contributed by atoms with van der Waals surface area (Å²) in [6, 6.07) is 5.86. The number of carbonyl (C=O) groups is 2. The van der Waals surface area contributed by atoms with Gasteiger partial charge in [-0.2, -0.15) is 0 Å². The van der Waals surface area contributed by atoms with Gasteiger partial charge in [-0.3, -0.25) is 9.59 Å². The highest BCUT2D eigenvalue weighted by Crippen LogP contribution is 2.16. The van der Waals surface area contributed by atoms with Crippen LogP contribution in [0.4, 0.5) is 0 Å². The van der Waals surface area contributed by atoms with Crippen LogP contribution in [-0.2, 0) is 9.59 Å². The molecule has 2 amide bonds.